The molecule has 1 aliphatic rings. The van der Waals surface area contributed by atoms with E-state index in [0.29, 0.717) is 23.2 Å². The van der Waals surface area contributed by atoms with Crippen LogP contribution in [0.2, 0.25) is 0 Å². The second-order valence-electron chi connectivity index (χ2n) is 5.08. The Morgan fingerprint density at radius 3 is 3.19 bits per heavy atom. The van der Waals surface area contributed by atoms with E-state index >= 15 is 0 Å². The summed E-state index contributed by atoms with van der Waals surface area (Å²) in [5.74, 6) is -0.152. The molecule has 114 valence electrons. The van der Waals surface area contributed by atoms with Crippen LogP contribution in [0, 0.1) is 11.3 Å². The summed E-state index contributed by atoms with van der Waals surface area (Å²) < 4.78 is 0. The molecule has 0 bridgehead atoms. The van der Waals surface area contributed by atoms with Crippen molar-refractivity contribution in [2.75, 3.05) is 38.1 Å². The number of rotatable bonds is 7. The third-order valence-electron chi connectivity index (χ3n) is 3.46. The Hall–Kier alpha value is -1.46. The fraction of sp³-hybridized carbons (Fsp3) is 0.571. The molecule has 1 atom stereocenters. The van der Waals surface area contributed by atoms with Crippen molar-refractivity contribution >= 4 is 22.2 Å². The molecular formula is C14H20N4O2S. The van der Waals surface area contributed by atoms with Gasteiger partial charge in [0, 0.05) is 19.1 Å². The number of aliphatic hydroxyl groups excluding tert-OH is 1. The Bertz CT molecular complexity index is 505. The highest BCUT2D eigenvalue weighted by Gasteiger charge is 2.19. The maximum Gasteiger partial charge on any atom is 0.239 e. The normalized spacial score (nSPS) is 17.9. The molecule has 3 N–H and O–H groups in total. The Balaban J connectivity index is 1.87. The number of nitrogens with zero attached hydrogens (tertiary/aromatic N) is 2. The summed E-state index contributed by atoms with van der Waals surface area (Å²) in [7, 11) is 0. The van der Waals surface area contributed by atoms with Gasteiger partial charge in [0.25, 0.3) is 0 Å². The Labute approximate surface area is 128 Å². The van der Waals surface area contributed by atoms with Crippen LogP contribution in [0.4, 0.5) is 5.00 Å². The number of carbonyl (C=O) groups is 1. The molecule has 1 aromatic heterocycles. The first-order chi connectivity index (χ1) is 10.2. The van der Waals surface area contributed by atoms with Gasteiger partial charge >= 0.3 is 0 Å². The highest BCUT2D eigenvalue weighted by Crippen LogP contribution is 2.21. The maximum atomic E-state index is 12.1. The number of aliphatic hydroxyl groups is 1. The molecule has 0 radical (unpaired) electrons. The summed E-state index contributed by atoms with van der Waals surface area (Å²) in [5.41, 5.74) is 0.486. The Morgan fingerprint density at radius 2 is 2.52 bits per heavy atom. The predicted molar refractivity (Wildman–Crippen MR) is 82.2 cm³/mol. The van der Waals surface area contributed by atoms with E-state index in [0.717, 1.165) is 25.9 Å². The second kappa shape index (κ2) is 8.10. The van der Waals surface area contributed by atoms with Gasteiger partial charge in [-0.05, 0) is 30.8 Å². The van der Waals surface area contributed by atoms with E-state index in [-0.39, 0.29) is 19.1 Å². The van der Waals surface area contributed by atoms with Gasteiger partial charge in [-0.25, -0.2) is 0 Å². The van der Waals surface area contributed by atoms with E-state index in [9.17, 15) is 4.79 Å². The smallest absolute Gasteiger partial charge is 0.239 e. The van der Waals surface area contributed by atoms with Crippen molar-refractivity contribution in [3.8, 4) is 6.07 Å². The predicted octanol–water partition coefficient (Wildman–Crippen LogP) is 0.605. The molecule has 1 aromatic rings. The largest absolute Gasteiger partial charge is 0.395 e. The zero-order chi connectivity index (χ0) is 15.1. The molecular weight excluding hydrogens is 288 g/mol. The van der Waals surface area contributed by atoms with E-state index in [4.69, 9.17) is 10.4 Å². The van der Waals surface area contributed by atoms with Crippen molar-refractivity contribution in [2.45, 2.75) is 18.9 Å². The fourth-order valence-corrected chi connectivity index (χ4v) is 3.22. The van der Waals surface area contributed by atoms with Gasteiger partial charge in [0.1, 0.15) is 11.1 Å². The number of carbonyl (C=O) groups excluding carboxylic acids is 1. The first kappa shape index (κ1) is 15.9. The number of thiophene rings is 1. The van der Waals surface area contributed by atoms with Gasteiger partial charge < -0.3 is 15.7 Å². The molecule has 1 amide bonds. The molecule has 0 spiro atoms. The molecule has 1 fully saturated rings. The van der Waals surface area contributed by atoms with Crippen molar-refractivity contribution in [3.63, 3.8) is 0 Å². The van der Waals surface area contributed by atoms with Gasteiger partial charge in [0.05, 0.1) is 18.7 Å². The lowest BCUT2D eigenvalue weighted by Gasteiger charge is -2.24. The highest BCUT2D eigenvalue weighted by molar-refractivity contribution is 7.14. The van der Waals surface area contributed by atoms with Crippen LogP contribution in [0.25, 0.3) is 0 Å². The summed E-state index contributed by atoms with van der Waals surface area (Å²) in [4.78, 5) is 14.0. The van der Waals surface area contributed by atoms with E-state index in [1.165, 1.54) is 11.3 Å². The van der Waals surface area contributed by atoms with Crippen LogP contribution in [0.1, 0.15) is 18.4 Å². The first-order valence-electron chi connectivity index (χ1n) is 7.07. The van der Waals surface area contributed by atoms with Crippen molar-refractivity contribution in [1.82, 2.24) is 10.2 Å². The molecule has 1 saturated heterocycles. The molecule has 0 aromatic carbocycles. The molecule has 6 nitrogen and oxygen atoms in total. The molecule has 1 unspecified atom stereocenters. The van der Waals surface area contributed by atoms with Gasteiger partial charge in [-0.1, -0.05) is 0 Å². The number of anilines is 1. The Kier molecular flexibility index (Phi) is 6.14. The van der Waals surface area contributed by atoms with Crippen LogP contribution in [0.5, 0.6) is 0 Å². The van der Waals surface area contributed by atoms with E-state index < -0.39 is 0 Å². The lowest BCUT2D eigenvalue weighted by atomic mass is 10.2. The van der Waals surface area contributed by atoms with Crippen LogP contribution in [-0.2, 0) is 4.79 Å². The minimum absolute atomic E-state index is 0.0302. The van der Waals surface area contributed by atoms with Crippen molar-refractivity contribution < 1.29 is 9.90 Å². The summed E-state index contributed by atoms with van der Waals surface area (Å²) in [6.07, 6.45) is 2.26. The van der Waals surface area contributed by atoms with Crippen LogP contribution in [0.3, 0.4) is 0 Å². The molecule has 7 heteroatoms. The lowest BCUT2D eigenvalue weighted by molar-refractivity contribution is -0.117. The third kappa shape index (κ3) is 4.79. The van der Waals surface area contributed by atoms with Gasteiger partial charge in [-0.3, -0.25) is 9.69 Å². The molecule has 1 aliphatic heterocycles. The van der Waals surface area contributed by atoms with Gasteiger partial charge in [-0.2, -0.15) is 5.26 Å². The SMILES string of the molecule is N#Cc1ccsc1NC(=O)CN(CCO)CC1CCCN1. The summed E-state index contributed by atoms with van der Waals surface area (Å²) >= 11 is 1.34. The third-order valence-corrected chi connectivity index (χ3v) is 4.29. The maximum absolute atomic E-state index is 12.1. The number of amides is 1. The van der Waals surface area contributed by atoms with E-state index in [2.05, 4.69) is 16.7 Å². The number of hydrogen-bond donors (Lipinski definition) is 3. The second-order valence-corrected chi connectivity index (χ2v) is 5.99. The zero-order valence-corrected chi connectivity index (χ0v) is 12.7. The molecule has 2 rings (SSSR count). The Morgan fingerprint density at radius 1 is 1.67 bits per heavy atom. The molecule has 0 aliphatic carbocycles. The lowest BCUT2D eigenvalue weighted by Crippen LogP contribution is -2.42. The summed E-state index contributed by atoms with van der Waals surface area (Å²) in [6, 6.07) is 4.13. The average Bonchev–Trinajstić information content (AvgIpc) is 3.10. The summed E-state index contributed by atoms with van der Waals surface area (Å²) in [5, 5.41) is 26.6. The minimum atomic E-state index is -0.152. The van der Waals surface area contributed by atoms with Crippen molar-refractivity contribution in [3.05, 3.63) is 17.0 Å². The van der Waals surface area contributed by atoms with Gasteiger partial charge in [-0.15, -0.1) is 11.3 Å². The molecule has 0 saturated carbocycles. The number of nitrogens with one attached hydrogen (secondary N) is 2. The molecule has 21 heavy (non-hydrogen) atoms. The number of nitriles is 1. The number of hydrogen-bond acceptors (Lipinski definition) is 6. The quantitative estimate of drug-likeness (QED) is 0.687. The highest BCUT2D eigenvalue weighted by atomic mass is 32.1. The topological polar surface area (TPSA) is 88.4 Å². The van der Waals surface area contributed by atoms with E-state index in [1.54, 1.807) is 11.4 Å². The molecule has 2 heterocycles. The van der Waals surface area contributed by atoms with Gasteiger partial charge in [0.15, 0.2) is 0 Å². The minimum Gasteiger partial charge on any atom is -0.395 e. The summed E-state index contributed by atoms with van der Waals surface area (Å²) in [6.45, 7) is 2.50. The van der Waals surface area contributed by atoms with Crippen molar-refractivity contribution in [2.24, 2.45) is 0 Å². The van der Waals surface area contributed by atoms with Crippen LogP contribution in [-0.4, -0.2) is 54.7 Å². The van der Waals surface area contributed by atoms with Crippen LogP contribution >= 0.6 is 11.3 Å². The van der Waals surface area contributed by atoms with Crippen molar-refractivity contribution in [1.29, 1.82) is 5.26 Å². The monoisotopic (exact) mass is 308 g/mol. The standard InChI is InChI=1S/C14H20N4O2S/c15-8-11-3-7-21-14(11)17-13(20)10-18(5-6-19)9-12-2-1-4-16-12/h3,7,12,16,19H,1-2,4-6,9-10H2,(H,17,20). The zero-order valence-electron chi connectivity index (χ0n) is 11.8. The van der Waals surface area contributed by atoms with Crippen LogP contribution < -0.4 is 10.6 Å². The van der Waals surface area contributed by atoms with E-state index in [1.807, 2.05) is 4.90 Å². The van der Waals surface area contributed by atoms with Crippen LogP contribution in [0.15, 0.2) is 11.4 Å². The average molecular weight is 308 g/mol. The fourth-order valence-electron chi connectivity index (χ4n) is 2.46. The van der Waals surface area contributed by atoms with Gasteiger partial charge in [0.2, 0.25) is 5.91 Å². The first-order valence-corrected chi connectivity index (χ1v) is 7.95.